The fraction of sp³-hybridized carbons (Fsp3) is 0.333. The Morgan fingerprint density at radius 2 is 1.67 bits per heavy atom. The maximum atomic E-state index is 12.3. The third-order valence-corrected chi connectivity index (χ3v) is 3.58. The van der Waals surface area contributed by atoms with Crippen LogP contribution in [0.1, 0.15) is 18.0 Å². The number of carboxylic acid groups (broad SMARTS) is 1. The fourth-order valence-electron chi connectivity index (χ4n) is 2.37. The fourth-order valence-corrected chi connectivity index (χ4v) is 2.37. The van der Waals surface area contributed by atoms with Crippen LogP contribution in [0.4, 0.5) is 14.4 Å². The molecule has 0 radical (unpaired) electrons. The Kier molecular flexibility index (Phi) is 5.35. The van der Waals surface area contributed by atoms with Gasteiger partial charge in [-0.25, -0.2) is 29.0 Å². The molecule has 1 aliphatic rings. The Labute approximate surface area is 138 Å². The van der Waals surface area contributed by atoms with E-state index in [0.29, 0.717) is 12.0 Å². The van der Waals surface area contributed by atoms with Crippen LogP contribution >= 0.6 is 0 Å². The first-order chi connectivity index (χ1) is 11.5. The molecule has 0 saturated carbocycles. The summed E-state index contributed by atoms with van der Waals surface area (Å²) in [7, 11) is 1.38. The summed E-state index contributed by atoms with van der Waals surface area (Å²) in [5.41, 5.74) is 0.381. The summed E-state index contributed by atoms with van der Waals surface area (Å²) in [6, 6.07) is 4.60. The molecule has 0 bridgehead atoms. The van der Waals surface area contributed by atoms with Crippen LogP contribution in [0.5, 0.6) is 0 Å². The van der Waals surface area contributed by atoms with Crippen LogP contribution < -0.4 is 10.6 Å². The zero-order valence-corrected chi connectivity index (χ0v) is 13.1. The molecule has 1 aromatic rings. The molecule has 128 valence electrons. The van der Waals surface area contributed by atoms with Gasteiger partial charge in [-0.2, -0.15) is 0 Å². The number of hydrogen-bond acceptors (Lipinski definition) is 4. The van der Waals surface area contributed by atoms with Crippen molar-refractivity contribution in [2.75, 3.05) is 20.1 Å². The molecule has 1 atom stereocenters. The summed E-state index contributed by atoms with van der Waals surface area (Å²) in [5, 5.41) is 14.0. The third-order valence-electron chi connectivity index (χ3n) is 3.58. The Morgan fingerprint density at radius 1 is 1.08 bits per heavy atom. The van der Waals surface area contributed by atoms with Gasteiger partial charge in [-0.1, -0.05) is 30.3 Å². The molecule has 0 aliphatic carbocycles. The normalized spacial score (nSPS) is 15.6. The minimum absolute atomic E-state index is 0.110. The van der Waals surface area contributed by atoms with E-state index >= 15 is 0 Å². The Hall–Kier alpha value is -3.10. The summed E-state index contributed by atoms with van der Waals surface area (Å²) in [6.07, 6.45) is 0.412. The van der Waals surface area contributed by atoms with E-state index in [2.05, 4.69) is 10.6 Å². The molecule has 1 fully saturated rings. The minimum atomic E-state index is -1.29. The highest BCUT2D eigenvalue weighted by molar-refractivity contribution is 6.02. The predicted octanol–water partition coefficient (Wildman–Crippen LogP) is 0.989. The first kappa shape index (κ1) is 17.3. The number of urea groups is 3. The van der Waals surface area contributed by atoms with Gasteiger partial charge >= 0.3 is 24.1 Å². The summed E-state index contributed by atoms with van der Waals surface area (Å²) < 4.78 is 0. The van der Waals surface area contributed by atoms with Gasteiger partial charge in [0.2, 0.25) is 0 Å². The molecule has 1 aromatic carbocycles. The lowest BCUT2D eigenvalue weighted by atomic mass is 10.1. The number of imide groups is 2. The van der Waals surface area contributed by atoms with E-state index in [1.165, 1.54) is 7.05 Å². The van der Waals surface area contributed by atoms with Gasteiger partial charge in [-0.05, 0) is 12.0 Å². The van der Waals surface area contributed by atoms with E-state index in [0.717, 1.165) is 9.80 Å². The highest BCUT2D eigenvalue weighted by Gasteiger charge is 2.35. The lowest BCUT2D eigenvalue weighted by Crippen LogP contribution is -2.58. The largest absolute Gasteiger partial charge is 0.479 e. The van der Waals surface area contributed by atoms with Crippen molar-refractivity contribution < 1.29 is 24.3 Å². The van der Waals surface area contributed by atoms with Crippen molar-refractivity contribution in [3.8, 4) is 0 Å². The number of hydrogen-bond donors (Lipinski definition) is 3. The molecular weight excluding hydrogens is 316 g/mol. The van der Waals surface area contributed by atoms with Gasteiger partial charge in [0, 0.05) is 20.1 Å². The van der Waals surface area contributed by atoms with Crippen LogP contribution in [0.2, 0.25) is 0 Å². The number of rotatable bonds is 3. The topological polar surface area (TPSA) is 119 Å². The van der Waals surface area contributed by atoms with Crippen LogP contribution in [0, 0.1) is 0 Å². The van der Waals surface area contributed by atoms with Crippen LogP contribution in [-0.4, -0.2) is 59.1 Å². The lowest BCUT2D eigenvalue weighted by Gasteiger charge is -2.33. The maximum Gasteiger partial charge on any atom is 0.336 e. The monoisotopic (exact) mass is 334 g/mol. The van der Waals surface area contributed by atoms with Crippen molar-refractivity contribution in [1.82, 2.24) is 20.4 Å². The van der Waals surface area contributed by atoms with Crippen LogP contribution in [0.3, 0.4) is 0 Å². The van der Waals surface area contributed by atoms with E-state index in [9.17, 15) is 24.3 Å². The van der Waals surface area contributed by atoms with E-state index in [1.54, 1.807) is 30.3 Å². The van der Waals surface area contributed by atoms with Crippen LogP contribution in [0.15, 0.2) is 30.3 Å². The van der Waals surface area contributed by atoms with Gasteiger partial charge in [0.05, 0.1) is 0 Å². The number of benzene rings is 1. The number of carbonyl (C=O) groups is 4. The maximum absolute atomic E-state index is 12.3. The van der Waals surface area contributed by atoms with Gasteiger partial charge in [0.25, 0.3) is 0 Å². The number of nitrogens with one attached hydrogen (secondary N) is 2. The Bertz CT molecular complexity index is 649. The molecule has 9 heteroatoms. The molecule has 1 saturated heterocycles. The average Bonchev–Trinajstić information content (AvgIpc) is 2.59. The Morgan fingerprint density at radius 3 is 2.21 bits per heavy atom. The summed E-state index contributed by atoms with van der Waals surface area (Å²) in [4.78, 5) is 49.4. The molecule has 0 spiro atoms. The molecule has 6 amide bonds. The molecule has 2 rings (SSSR count). The molecule has 3 N–H and O–H groups in total. The molecule has 24 heavy (non-hydrogen) atoms. The summed E-state index contributed by atoms with van der Waals surface area (Å²) in [6.45, 7) is 0.308. The second-order valence-electron chi connectivity index (χ2n) is 5.13. The van der Waals surface area contributed by atoms with Gasteiger partial charge in [-0.15, -0.1) is 0 Å². The van der Waals surface area contributed by atoms with Gasteiger partial charge in [0.1, 0.15) is 0 Å². The lowest BCUT2D eigenvalue weighted by molar-refractivity contribution is -0.139. The smallest absolute Gasteiger partial charge is 0.336 e. The van der Waals surface area contributed by atoms with E-state index in [4.69, 9.17) is 0 Å². The second kappa shape index (κ2) is 7.44. The standard InChI is InChI=1S/C15H18N4O5/c1-16-13(22)18-8-5-9-19(15(18)24)14(23)17-11(12(20)21)10-6-3-2-4-7-10/h2-4,6-7,11H,5,8-9H2,1H3,(H,16,22)(H,17,23)(H,20,21). The van der Waals surface area contributed by atoms with Crippen molar-refractivity contribution in [2.24, 2.45) is 0 Å². The van der Waals surface area contributed by atoms with Gasteiger partial charge < -0.3 is 15.7 Å². The van der Waals surface area contributed by atoms with E-state index in [-0.39, 0.29) is 13.1 Å². The predicted molar refractivity (Wildman–Crippen MR) is 83.2 cm³/mol. The summed E-state index contributed by atoms with van der Waals surface area (Å²) >= 11 is 0. The van der Waals surface area contributed by atoms with Crippen molar-refractivity contribution in [2.45, 2.75) is 12.5 Å². The number of carboxylic acids is 1. The number of aliphatic carboxylic acids is 1. The second-order valence-corrected chi connectivity index (χ2v) is 5.13. The summed E-state index contributed by atoms with van der Waals surface area (Å²) in [5.74, 6) is -1.25. The third kappa shape index (κ3) is 3.62. The average molecular weight is 334 g/mol. The van der Waals surface area contributed by atoms with E-state index in [1.807, 2.05) is 0 Å². The quantitative estimate of drug-likeness (QED) is 0.761. The zero-order valence-electron chi connectivity index (χ0n) is 13.1. The molecule has 1 unspecified atom stereocenters. The molecule has 9 nitrogen and oxygen atoms in total. The van der Waals surface area contributed by atoms with Crippen molar-refractivity contribution in [3.63, 3.8) is 0 Å². The van der Waals surface area contributed by atoms with Crippen molar-refractivity contribution in [3.05, 3.63) is 35.9 Å². The number of carbonyl (C=O) groups excluding carboxylic acids is 3. The van der Waals surface area contributed by atoms with Crippen molar-refractivity contribution in [1.29, 1.82) is 0 Å². The SMILES string of the molecule is CNC(=O)N1CCCN(C(=O)NC(C(=O)O)c2ccccc2)C1=O. The minimum Gasteiger partial charge on any atom is -0.479 e. The molecule has 1 aliphatic heterocycles. The molecule has 0 aromatic heterocycles. The van der Waals surface area contributed by atoms with Gasteiger partial charge in [-0.3, -0.25) is 0 Å². The molecular formula is C15H18N4O5. The van der Waals surface area contributed by atoms with Gasteiger partial charge in [0.15, 0.2) is 6.04 Å². The number of amides is 6. The molecule has 1 heterocycles. The van der Waals surface area contributed by atoms with Crippen molar-refractivity contribution >= 4 is 24.1 Å². The zero-order chi connectivity index (χ0) is 17.7. The first-order valence-electron chi connectivity index (χ1n) is 7.34. The Balaban J connectivity index is 2.13. The van der Waals surface area contributed by atoms with Crippen LogP contribution in [0.25, 0.3) is 0 Å². The number of nitrogens with zero attached hydrogens (tertiary/aromatic N) is 2. The van der Waals surface area contributed by atoms with E-state index < -0.39 is 30.1 Å². The van der Waals surface area contributed by atoms with Crippen LogP contribution in [-0.2, 0) is 4.79 Å². The highest BCUT2D eigenvalue weighted by Crippen LogP contribution is 2.15. The first-order valence-corrected chi connectivity index (χ1v) is 7.34. The highest BCUT2D eigenvalue weighted by atomic mass is 16.4.